The van der Waals surface area contributed by atoms with E-state index < -0.39 is 17.4 Å². The second kappa shape index (κ2) is 8.58. The highest BCUT2D eigenvalue weighted by atomic mass is 16.4. The second-order valence-corrected chi connectivity index (χ2v) is 5.67. The van der Waals surface area contributed by atoms with Crippen LogP contribution in [-0.4, -0.2) is 33.3 Å². The number of carboxylic acid groups (broad SMARTS) is 1. The molecule has 0 aliphatic carbocycles. The zero-order valence-corrected chi connectivity index (χ0v) is 14.2. The zero-order chi connectivity index (χ0) is 19.1. The van der Waals surface area contributed by atoms with Gasteiger partial charge in [0.1, 0.15) is 5.56 Å². The van der Waals surface area contributed by atoms with Crippen LogP contribution in [0.2, 0.25) is 0 Å². The molecule has 1 heterocycles. The quantitative estimate of drug-likeness (QED) is 0.722. The molecule has 0 bridgehead atoms. The van der Waals surface area contributed by atoms with Gasteiger partial charge in [-0.15, -0.1) is 0 Å². The Balaban J connectivity index is 2.16. The van der Waals surface area contributed by atoms with Gasteiger partial charge in [0.15, 0.2) is 0 Å². The number of amides is 1. The number of aliphatic carboxylic acids is 1. The summed E-state index contributed by atoms with van der Waals surface area (Å²) >= 11 is 0. The van der Waals surface area contributed by atoms with Gasteiger partial charge in [0.05, 0.1) is 17.3 Å². The van der Waals surface area contributed by atoms with Crippen molar-refractivity contribution < 1.29 is 14.7 Å². The van der Waals surface area contributed by atoms with E-state index in [-0.39, 0.29) is 18.5 Å². The van der Waals surface area contributed by atoms with Crippen molar-refractivity contribution in [3.05, 3.63) is 51.8 Å². The van der Waals surface area contributed by atoms with Gasteiger partial charge in [-0.1, -0.05) is 12.1 Å². The number of carbonyl (C=O) groups is 2. The maximum atomic E-state index is 12.3. The smallest absolute Gasteiger partial charge is 0.303 e. The van der Waals surface area contributed by atoms with Crippen LogP contribution < -0.4 is 10.9 Å². The Kier molecular flexibility index (Phi) is 6.22. The number of hydrogen-bond acceptors (Lipinski definition) is 5. The van der Waals surface area contributed by atoms with Crippen LogP contribution in [0, 0.1) is 11.3 Å². The number of aromatic nitrogens is 2. The Bertz CT molecular complexity index is 910. The van der Waals surface area contributed by atoms with Crippen LogP contribution in [0.4, 0.5) is 0 Å². The van der Waals surface area contributed by atoms with Crippen LogP contribution in [-0.2, 0) is 11.8 Å². The SMILES string of the molecule is Cn1nc(-c2ccc(C#N)cc2)cc(C(=O)NCCCCC(=O)O)c1=O. The molecule has 0 saturated heterocycles. The maximum Gasteiger partial charge on any atom is 0.303 e. The standard InChI is InChI=1S/C18H18N4O4/c1-22-18(26)14(17(25)20-9-3-2-4-16(23)24)10-15(21-22)13-7-5-12(11-19)6-8-13/h5-8,10H,2-4,9H2,1H3,(H,20,25)(H,23,24). The Morgan fingerprint density at radius 2 is 1.96 bits per heavy atom. The molecule has 0 spiro atoms. The van der Waals surface area contributed by atoms with Gasteiger partial charge in [0, 0.05) is 25.6 Å². The number of nitriles is 1. The lowest BCUT2D eigenvalue weighted by Crippen LogP contribution is -2.33. The average molecular weight is 354 g/mol. The van der Waals surface area contributed by atoms with E-state index in [0.29, 0.717) is 29.7 Å². The summed E-state index contributed by atoms with van der Waals surface area (Å²) in [6, 6.07) is 10.1. The van der Waals surface area contributed by atoms with Gasteiger partial charge < -0.3 is 10.4 Å². The van der Waals surface area contributed by atoms with Gasteiger partial charge in [0.2, 0.25) is 0 Å². The predicted molar refractivity (Wildman–Crippen MR) is 93.4 cm³/mol. The van der Waals surface area contributed by atoms with Gasteiger partial charge in [-0.3, -0.25) is 14.4 Å². The highest BCUT2D eigenvalue weighted by Gasteiger charge is 2.15. The number of nitrogens with one attached hydrogen (secondary N) is 1. The summed E-state index contributed by atoms with van der Waals surface area (Å²) < 4.78 is 1.09. The molecule has 134 valence electrons. The molecular weight excluding hydrogens is 336 g/mol. The largest absolute Gasteiger partial charge is 0.481 e. The van der Waals surface area contributed by atoms with Crippen molar-refractivity contribution in [2.75, 3.05) is 6.54 Å². The third-order valence-electron chi connectivity index (χ3n) is 3.72. The molecule has 26 heavy (non-hydrogen) atoms. The lowest BCUT2D eigenvalue weighted by atomic mass is 10.1. The van der Waals surface area contributed by atoms with E-state index >= 15 is 0 Å². The lowest BCUT2D eigenvalue weighted by molar-refractivity contribution is -0.137. The minimum Gasteiger partial charge on any atom is -0.481 e. The summed E-state index contributed by atoms with van der Waals surface area (Å²) in [7, 11) is 1.46. The molecule has 8 nitrogen and oxygen atoms in total. The molecule has 1 aromatic heterocycles. The van der Waals surface area contributed by atoms with Crippen molar-refractivity contribution in [3.63, 3.8) is 0 Å². The number of carboxylic acids is 1. The number of unbranched alkanes of at least 4 members (excludes halogenated alkanes) is 1. The molecule has 0 atom stereocenters. The lowest BCUT2D eigenvalue weighted by Gasteiger charge is -2.08. The van der Waals surface area contributed by atoms with Crippen LogP contribution in [0.15, 0.2) is 35.1 Å². The molecule has 8 heteroatoms. The Morgan fingerprint density at radius 3 is 2.58 bits per heavy atom. The molecule has 2 aromatic rings. The summed E-state index contributed by atoms with van der Waals surface area (Å²) in [4.78, 5) is 34.9. The molecule has 0 aliphatic heterocycles. The molecule has 2 N–H and O–H groups in total. The predicted octanol–water partition coefficient (Wildman–Crippen LogP) is 1.30. The van der Waals surface area contributed by atoms with Gasteiger partial charge in [-0.2, -0.15) is 10.4 Å². The number of nitrogens with zero attached hydrogens (tertiary/aromatic N) is 3. The third kappa shape index (κ3) is 4.77. The van der Waals surface area contributed by atoms with Gasteiger partial charge in [-0.05, 0) is 31.0 Å². The van der Waals surface area contributed by atoms with Gasteiger partial charge in [-0.25, -0.2) is 4.68 Å². The summed E-state index contributed by atoms with van der Waals surface area (Å²) in [6.07, 6.45) is 0.988. The van der Waals surface area contributed by atoms with E-state index in [9.17, 15) is 14.4 Å². The summed E-state index contributed by atoms with van der Waals surface area (Å²) in [5, 5.41) is 24.2. The Labute approximate surface area is 149 Å². The van der Waals surface area contributed by atoms with Crippen LogP contribution in [0.3, 0.4) is 0 Å². The molecule has 0 fully saturated rings. The van der Waals surface area contributed by atoms with Gasteiger partial charge in [0.25, 0.3) is 11.5 Å². The van der Waals surface area contributed by atoms with E-state index in [2.05, 4.69) is 10.4 Å². The monoisotopic (exact) mass is 354 g/mol. The van der Waals surface area contributed by atoms with Crippen molar-refractivity contribution in [1.29, 1.82) is 5.26 Å². The van der Waals surface area contributed by atoms with E-state index in [1.54, 1.807) is 24.3 Å². The Morgan fingerprint density at radius 1 is 1.27 bits per heavy atom. The molecule has 1 aromatic carbocycles. The average Bonchev–Trinajstić information content (AvgIpc) is 2.63. The summed E-state index contributed by atoms with van der Waals surface area (Å²) in [5.74, 6) is -1.41. The number of carbonyl (C=O) groups excluding carboxylic acids is 1. The minimum absolute atomic E-state index is 0.0374. The highest BCUT2D eigenvalue weighted by molar-refractivity contribution is 5.94. The minimum atomic E-state index is -0.883. The number of benzene rings is 1. The fourth-order valence-electron chi connectivity index (χ4n) is 2.33. The third-order valence-corrected chi connectivity index (χ3v) is 3.72. The first kappa shape index (κ1) is 18.9. The Hall–Kier alpha value is -3.47. The summed E-state index contributed by atoms with van der Waals surface area (Å²) in [5.41, 5.74) is 1.05. The normalized spacial score (nSPS) is 10.2. The van der Waals surface area contributed by atoms with Crippen molar-refractivity contribution in [1.82, 2.24) is 15.1 Å². The number of aryl methyl sites for hydroxylation is 1. The zero-order valence-electron chi connectivity index (χ0n) is 14.2. The van der Waals surface area contributed by atoms with E-state index in [1.165, 1.54) is 13.1 Å². The van der Waals surface area contributed by atoms with Crippen LogP contribution >= 0.6 is 0 Å². The van der Waals surface area contributed by atoms with Crippen LogP contribution in [0.25, 0.3) is 11.3 Å². The van der Waals surface area contributed by atoms with Crippen molar-refractivity contribution in [3.8, 4) is 17.3 Å². The topological polar surface area (TPSA) is 125 Å². The fraction of sp³-hybridized carbons (Fsp3) is 0.278. The number of hydrogen-bond donors (Lipinski definition) is 2. The molecule has 0 radical (unpaired) electrons. The van der Waals surface area contributed by atoms with E-state index in [4.69, 9.17) is 10.4 Å². The molecule has 2 rings (SSSR count). The summed E-state index contributed by atoms with van der Waals surface area (Å²) in [6.45, 7) is 0.282. The molecule has 1 amide bonds. The van der Waals surface area contributed by atoms with Crippen LogP contribution in [0.5, 0.6) is 0 Å². The first-order chi connectivity index (χ1) is 12.4. The van der Waals surface area contributed by atoms with Crippen LogP contribution in [0.1, 0.15) is 35.2 Å². The van der Waals surface area contributed by atoms with Crippen molar-refractivity contribution in [2.45, 2.75) is 19.3 Å². The first-order valence-corrected chi connectivity index (χ1v) is 8.01. The van der Waals surface area contributed by atoms with Crippen molar-refractivity contribution >= 4 is 11.9 Å². The van der Waals surface area contributed by atoms with E-state index in [1.807, 2.05) is 6.07 Å². The highest BCUT2D eigenvalue weighted by Crippen LogP contribution is 2.17. The number of rotatable bonds is 7. The molecule has 0 saturated carbocycles. The second-order valence-electron chi connectivity index (χ2n) is 5.67. The fourth-order valence-corrected chi connectivity index (χ4v) is 2.33. The molecule has 0 aliphatic rings. The van der Waals surface area contributed by atoms with Crippen molar-refractivity contribution in [2.24, 2.45) is 7.05 Å². The van der Waals surface area contributed by atoms with Gasteiger partial charge >= 0.3 is 5.97 Å². The molecule has 0 unspecified atom stereocenters. The first-order valence-electron chi connectivity index (χ1n) is 8.01. The van der Waals surface area contributed by atoms with E-state index in [0.717, 1.165) is 4.68 Å². The maximum absolute atomic E-state index is 12.3. The molecular formula is C18H18N4O4.